The summed E-state index contributed by atoms with van der Waals surface area (Å²) in [6, 6.07) is 13.6. The van der Waals surface area contributed by atoms with E-state index >= 15 is 0 Å². The van der Waals surface area contributed by atoms with Crippen LogP contribution in [0.25, 0.3) is 16.8 Å². The van der Waals surface area contributed by atoms with Gasteiger partial charge in [0.2, 0.25) is 0 Å². The van der Waals surface area contributed by atoms with E-state index in [0.717, 1.165) is 28.1 Å². The molecule has 0 amide bonds. The van der Waals surface area contributed by atoms with Crippen molar-refractivity contribution in [1.29, 1.82) is 5.26 Å². The van der Waals surface area contributed by atoms with Crippen molar-refractivity contribution in [2.45, 2.75) is 13.8 Å². The van der Waals surface area contributed by atoms with E-state index in [4.69, 9.17) is 23.2 Å². The van der Waals surface area contributed by atoms with Gasteiger partial charge in [-0.3, -0.25) is 0 Å². The van der Waals surface area contributed by atoms with Crippen LogP contribution in [0.3, 0.4) is 0 Å². The van der Waals surface area contributed by atoms with Gasteiger partial charge in [-0.1, -0.05) is 47.5 Å². The number of hydrogen-bond donors (Lipinski definition) is 1. The summed E-state index contributed by atoms with van der Waals surface area (Å²) < 4.78 is 0. The normalized spacial score (nSPS) is 11.3. The molecule has 130 valence electrons. The molecule has 0 radical (unpaired) electrons. The smallest absolute Gasteiger partial charge is 0.136 e. The highest BCUT2D eigenvalue weighted by atomic mass is 35.5. The van der Waals surface area contributed by atoms with E-state index in [9.17, 15) is 5.26 Å². The molecule has 3 rings (SSSR count). The van der Waals surface area contributed by atoms with Crippen LogP contribution in [-0.4, -0.2) is 4.98 Å². The summed E-state index contributed by atoms with van der Waals surface area (Å²) in [5.74, 6) is 0. The van der Waals surface area contributed by atoms with E-state index in [1.807, 2.05) is 43.5 Å². The molecule has 0 bridgehead atoms. The largest absolute Gasteiger partial charge is 0.360 e. The van der Waals surface area contributed by atoms with Crippen molar-refractivity contribution >= 4 is 45.8 Å². The maximum atomic E-state index is 9.53. The van der Waals surface area contributed by atoms with Crippen molar-refractivity contribution in [3.05, 3.63) is 74.2 Å². The third kappa shape index (κ3) is 3.91. The Morgan fingerprint density at radius 1 is 1.15 bits per heavy atom. The van der Waals surface area contributed by atoms with E-state index in [2.05, 4.69) is 16.4 Å². The number of halogens is 2. The predicted octanol–water partition coefficient (Wildman–Crippen LogP) is 6.71. The highest BCUT2D eigenvalue weighted by molar-refractivity contribution is 7.11. The second-order valence-corrected chi connectivity index (χ2v) is 7.42. The minimum Gasteiger partial charge on any atom is -0.360 e. The quantitative estimate of drug-likeness (QED) is 0.495. The minimum absolute atomic E-state index is 0.476. The topological polar surface area (TPSA) is 48.7 Å². The molecule has 0 aliphatic heterocycles. The fraction of sp³-hybridized carbons (Fsp3) is 0.100. The van der Waals surface area contributed by atoms with Crippen LogP contribution >= 0.6 is 34.5 Å². The number of hydrogen-bond acceptors (Lipinski definition) is 4. The third-order valence-electron chi connectivity index (χ3n) is 3.91. The van der Waals surface area contributed by atoms with E-state index in [1.165, 1.54) is 11.3 Å². The number of anilines is 1. The Morgan fingerprint density at radius 2 is 1.88 bits per heavy atom. The molecule has 0 aliphatic rings. The third-order valence-corrected chi connectivity index (χ3v) is 5.53. The van der Waals surface area contributed by atoms with Gasteiger partial charge in [0.25, 0.3) is 0 Å². The summed E-state index contributed by atoms with van der Waals surface area (Å²) in [4.78, 5) is 4.57. The lowest BCUT2D eigenvalue weighted by molar-refractivity contribution is 1.34. The average molecular weight is 400 g/mol. The first-order valence-corrected chi connectivity index (χ1v) is 9.47. The lowest BCUT2D eigenvalue weighted by Gasteiger charge is -2.09. The lowest BCUT2D eigenvalue weighted by Crippen LogP contribution is -1.96. The number of para-hydroxylation sites is 1. The maximum absolute atomic E-state index is 9.53. The summed E-state index contributed by atoms with van der Waals surface area (Å²) in [5.41, 5.74) is 5.34. The fourth-order valence-electron chi connectivity index (χ4n) is 2.51. The van der Waals surface area contributed by atoms with Crippen LogP contribution in [0.15, 0.2) is 48.0 Å². The number of aryl methyl sites for hydroxylation is 2. The lowest BCUT2D eigenvalue weighted by atomic mass is 10.1. The summed E-state index contributed by atoms with van der Waals surface area (Å²) in [5, 5.41) is 16.3. The summed E-state index contributed by atoms with van der Waals surface area (Å²) >= 11 is 13.5. The first-order valence-electron chi connectivity index (χ1n) is 7.84. The van der Waals surface area contributed by atoms with Gasteiger partial charge in [0.1, 0.15) is 16.6 Å². The average Bonchev–Trinajstić information content (AvgIpc) is 3.10. The zero-order valence-electron chi connectivity index (χ0n) is 14.2. The number of nitrogens with zero attached hydrogens (tertiary/aromatic N) is 2. The number of rotatable bonds is 4. The van der Waals surface area contributed by atoms with Crippen molar-refractivity contribution in [3.63, 3.8) is 0 Å². The van der Waals surface area contributed by atoms with Crippen LogP contribution in [0.1, 0.15) is 16.1 Å². The van der Waals surface area contributed by atoms with Gasteiger partial charge in [0, 0.05) is 22.8 Å². The molecule has 0 atom stereocenters. The van der Waals surface area contributed by atoms with Crippen LogP contribution in [0, 0.1) is 25.2 Å². The molecular formula is C20H15Cl2N3S. The molecule has 0 saturated heterocycles. The van der Waals surface area contributed by atoms with Gasteiger partial charge in [-0.25, -0.2) is 4.98 Å². The molecule has 1 N–H and O–H groups in total. The number of aromatic nitrogens is 1. The van der Waals surface area contributed by atoms with Gasteiger partial charge in [0.15, 0.2) is 0 Å². The zero-order valence-corrected chi connectivity index (χ0v) is 16.5. The van der Waals surface area contributed by atoms with Gasteiger partial charge in [-0.2, -0.15) is 5.26 Å². The van der Waals surface area contributed by atoms with Gasteiger partial charge in [-0.05, 0) is 37.1 Å². The Hall–Kier alpha value is -2.32. The predicted molar refractivity (Wildman–Crippen MR) is 111 cm³/mol. The van der Waals surface area contributed by atoms with E-state index in [1.54, 1.807) is 18.3 Å². The number of benzene rings is 2. The molecule has 6 heteroatoms. The molecule has 0 spiro atoms. The first-order chi connectivity index (χ1) is 12.5. The van der Waals surface area contributed by atoms with Crippen molar-refractivity contribution < 1.29 is 0 Å². The van der Waals surface area contributed by atoms with Crippen molar-refractivity contribution in [2.24, 2.45) is 0 Å². The number of nitriles is 1. The molecule has 1 heterocycles. The molecule has 26 heavy (non-hydrogen) atoms. The molecule has 3 nitrogen and oxygen atoms in total. The van der Waals surface area contributed by atoms with Crippen LogP contribution in [-0.2, 0) is 0 Å². The van der Waals surface area contributed by atoms with E-state index < -0.39 is 0 Å². The Bertz CT molecular complexity index is 1010. The molecule has 0 aliphatic carbocycles. The maximum Gasteiger partial charge on any atom is 0.136 e. The van der Waals surface area contributed by atoms with Gasteiger partial charge >= 0.3 is 0 Å². The number of thiazole rings is 1. The summed E-state index contributed by atoms with van der Waals surface area (Å²) in [6.07, 6.45) is 1.70. The second kappa shape index (κ2) is 7.92. The SMILES string of the molecule is Cc1cccc(C)c1NC=C(C#N)c1nc(-c2ccc(Cl)c(Cl)c2)cs1. The monoisotopic (exact) mass is 399 g/mol. The van der Waals surface area contributed by atoms with Crippen LogP contribution in [0.4, 0.5) is 5.69 Å². The molecule has 0 saturated carbocycles. The van der Waals surface area contributed by atoms with Crippen molar-refractivity contribution in [2.75, 3.05) is 5.32 Å². The Morgan fingerprint density at radius 3 is 2.54 bits per heavy atom. The minimum atomic E-state index is 0.476. The van der Waals surface area contributed by atoms with Crippen molar-refractivity contribution in [1.82, 2.24) is 4.98 Å². The summed E-state index contributed by atoms with van der Waals surface area (Å²) in [6.45, 7) is 4.06. The highest BCUT2D eigenvalue weighted by Crippen LogP contribution is 2.31. The Kier molecular flexibility index (Phi) is 5.63. The molecule has 0 fully saturated rings. The van der Waals surface area contributed by atoms with Crippen LogP contribution in [0.2, 0.25) is 10.0 Å². The molecule has 1 aromatic heterocycles. The standard InChI is InChI=1S/C20H15Cl2N3S/c1-12-4-3-5-13(2)19(12)24-10-15(9-23)20-25-18(11-26-20)14-6-7-16(21)17(22)8-14/h3-8,10-11,24H,1-2H3. The van der Waals surface area contributed by atoms with Gasteiger partial charge in [-0.15, -0.1) is 11.3 Å². The van der Waals surface area contributed by atoms with Crippen LogP contribution in [0.5, 0.6) is 0 Å². The fourth-order valence-corrected chi connectivity index (χ4v) is 3.61. The molecular weight excluding hydrogens is 385 g/mol. The zero-order chi connectivity index (χ0) is 18.7. The first kappa shape index (κ1) is 18.5. The molecule has 0 unspecified atom stereocenters. The highest BCUT2D eigenvalue weighted by Gasteiger charge is 2.11. The number of allylic oxidation sites excluding steroid dienone is 1. The number of nitrogens with one attached hydrogen (secondary N) is 1. The van der Waals surface area contributed by atoms with E-state index in [-0.39, 0.29) is 0 Å². The Balaban J connectivity index is 1.89. The Labute approximate surface area is 166 Å². The second-order valence-electron chi connectivity index (χ2n) is 5.75. The molecule has 3 aromatic rings. The van der Waals surface area contributed by atoms with Gasteiger partial charge in [0.05, 0.1) is 15.7 Å². The van der Waals surface area contributed by atoms with E-state index in [0.29, 0.717) is 20.6 Å². The summed E-state index contributed by atoms with van der Waals surface area (Å²) in [7, 11) is 0. The van der Waals surface area contributed by atoms with Crippen molar-refractivity contribution in [3.8, 4) is 17.3 Å². The van der Waals surface area contributed by atoms with Gasteiger partial charge < -0.3 is 5.32 Å². The van der Waals surface area contributed by atoms with Crippen LogP contribution < -0.4 is 5.32 Å². The molecule has 2 aromatic carbocycles.